The fourth-order valence-electron chi connectivity index (χ4n) is 2.91. The number of carbonyl (C=O) groups is 1. The first kappa shape index (κ1) is 18.3. The molecule has 1 aromatic carbocycles. The van der Waals surface area contributed by atoms with Gasteiger partial charge in [0.25, 0.3) is 5.56 Å². The molecule has 0 aliphatic carbocycles. The first-order valence-electron chi connectivity index (χ1n) is 8.96. The number of aryl methyl sites for hydroxylation is 1. The molecule has 0 radical (unpaired) electrons. The van der Waals surface area contributed by atoms with Crippen molar-refractivity contribution < 1.29 is 4.79 Å². The van der Waals surface area contributed by atoms with Crippen LogP contribution in [0.25, 0.3) is 23.2 Å². The molecule has 0 bridgehead atoms. The molecule has 0 fully saturated rings. The molecule has 3 heterocycles. The smallest absolute Gasteiger partial charge is 0.264 e. The first-order chi connectivity index (χ1) is 14.1. The molecule has 29 heavy (non-hydrogen) atoms. The third-order valence-electron chi connectivity index (χ3n) is 4.34. The molecule has 8 nitrogen and oxygen atoms in total. The van der Waals surface area contributed by atoms with E-state index >= 15 is 0 Å². The van der Waals surface area contributed by atoms with Gasteiger partial charge in [-0.25, -0.2) is 4.98 Å². The Bertz CT molecular complexity index is 1260. The monoisotopic (exact) mass is 386 g/mol. The van der Waals surface area contributed by atoms with Crippen molar-refractivity contribution in [3.05, 3.63) is 82.8 Å². The zero-order chi connectivity index (χ0) is 20.2. The molecule has 1 N–H and O–H groups in total. The molecule has 3 aromatic heterocycles. The van der Waals surface area contributed by atoms with Crippen molar-refractivity contribution in [2.24, 2.45) is 7.05 Å². The van der Waals surface area contributed by atoms with Crippen LogP contribution in [0.15, 0.2) is 66.0 Å². The van der Waals surface area contributed by atoms with E-state index in [0.29, 0.717) is 16.7 Å². The van der Waals surface area contributed by atoms with Gasteiger partial charge in [-0.1, -0.05) is 24.3 Å². The summed E-state index contributed by atoms with van der Waals surface area (Å²) in [6.45, 7) is -0.134. The molecule has 4 aromatic rings. The number of anilines is 1. The van der Waals surface area contributed by atoms with Crippen LogP contribution in [0.3, 0.4) is 0 Å². The van der Waals surface area contributed by atoms with E-state index in [2.05, 4.69) is 20.4 Å². The second-order valence-corrected chi connectivity index (χ2v) is 6.44. The summed E-state index contributed by atoms with van der Waals surface area (Å²) >= 11 is 0. The van der Waals surface area contributed by atoms with Crippen molar-refractivity contribution in [1.82, 2.24) is 24.3 Å². The summed E-state index contributed by atoms with van der Waals surface area (Å²) in [6.07, 6.45) is 8.36. The number of pyridine rings is 1. The maximum Gasteiger partial charge on any atom is 0.264 e. The summed E-state index contributed by atoms with van der Waals surface area (Å²) in [5.74, 6) is -0.317. The van der Waals surface area contributed by atoms with E-state index in [1.807, 2.05) is 48.6 Å². The van der Waals surface area contributed by atoms with Gasteiger partial charge in [-0.05, 0) is 35.9 Å². The van der Waals surface area contributed by atoms with Crippen molar-refractivity contribution in [3.63, 3.8) is 0 Å². The van der Waals surface area contributed by atoms with Crippen LogP contribution in [0.2, 0.25) is 0 Å². The van der Waals surface area contributed by atoms with E-state index in [4.69, 9.17) is 0 Å². The highest BCUT2D eigenvalue weighted by molar-refractivity contribution is 5.91. The normalized spacial score (nSPS) is 11.2. The third kappa shape index (κ3) is 4.11. The van der Waals surface area contributed by atoms with Gasteiger partial charge in [0.15, 0.2) is 5.65 Å². The Morgan fingerprint density at radius 3 is 2.86 bits per heavy atom. The molecule has 4 rings (SSSR count). The van der Waals surface area contributed by atoms with Crippen LogP contribution in [0.4, 0.5) is 5.69 Å². The van der Waals surface area contributed by atoms with Gasteiger partial charge in [0, 0.05) is 18.9 Å². The maximum atomic E-state index is 12.5. The van der Waals surface area contributed by atoms with Crippen molar-refractivity contribution in [1.29, 1.82) is 0 Å². The van der Waals surface area contributed by atoms with Gasteiger partial charge in [0.2, 0.25) is 5.91 Å². The number of benzene rings is 1. The van der Waals surface area contributed by atoms with Crippen LogP contribution in [0.1, 0.15) is 11.3 Å². The summed E-state index contributed by atoms with van der Waals surface area (Å²) in [5.41, 5.74) is 2.59. The second kappa shape index (κ2) is 7.89. The quantitative estimate of drug-likeness (QED) is 0.568. The molecule has 0 aliphatic heterocycles. The van der Waals surface area contributed by atoms with E-state index < -0.39 is 0 Å². The molecule has 0 atom stereocenters. The van der Waals surface area contributed by atoms with Crippen molar-refractivity contribution in [2.45, 2.75) is 6.54 Å². The van der Waals surface area contributed by atoms with Gasteiger partial charge >= 0.3 is 0 Å². The Morgan fingerprint density at radius 2 is 2.03 bits per heavy atom. The molecule has 144 valence electrons. The standard InChI is InChI=1S/C21H18N6O2/c1-26-20-18(12-24-26)21(29)27(14-23-20)13-19(28)25-17-7-4-5-15(11-17)8-9-16-6-2-3-10-22-16/h2-12,14H,13H2,1H3,(H,25,28)/b9-8+. The highest BCUT2D eigenvalue weighted by Gasteiger charge is 2.11. The molecule has 0 spiro atoms. The predicted molar refractivity (Wildman–Crippen MR) is 111 cm³/mol. The maximum absolute atomic E-state index is 12.5. The van der Waals surface area contributed by atoms with Crippen molar-refractivity contribution in [2.75, 3.05) is 5.32 Å². The lowest BCUT2D eigenvalue weighted by atomic mass is 10.1. The van der Waals surface area contributed by atoms with Crippen LogP contribution in [0.5, 0.6) is 0 Å². The Balaban J connectivity index is 1.47. The zero-order valence-corrected chi connectivity index (χ0v) is 15.7. The molecule has 0 saturated heterocycles. The molecule has 8 heteroatoms. The zero-order valence-electron chi connectivity index (χ0n) is 15.7. The van der Waals surface area contributed by atoms with Crippen molar-refractivity contribution in [3.8, 4) is 0 Å². The van der Waals surface area contributed by atoms with E-state index in [-0.39, 0.29) is 18.0 Å². The number of aromatic nitrogens is 5. The van der Waals surface area contributed by atoms with E-state index in [9.17, 15) is 9.59 Å². The largest absolute Gasteiger partial charge is 0.325 e. The first-order valence-corrected chi connectivity index (χ1v) is 8.96. The van der Waals surface area contributed by atoms with Gasteiger partial charge in [0.05, 0.1) is 11.9 Å². The Morgan fingerprint density at radius 1 is 1.14 bits per heavy atom. The number of nitrogens with one attached hydrogen (secondary N) is 1. The van der Waals surface area contributed by atoms with E-state index in [1.165, 1.54) is 21.8 Å². The molecule has 0 unspecified atom stereocenters. The third-order valence-corrected chi connectivity index (χ3v) is 4.34. The fourth-order valence-corrected chi connectivity index (χ4v) is 2.91. The average Bonchev–Trinajstić information content (AvgIpc) is 3.11. The SMILES string of the molecule is Cn1ncc2c(=O)n(CC(=O)Nc3cccc(/C=C/c4ccccn4)c3)cnc21. The number of carbonyl (C=O) groups excluding carboxylic acids is 1. The minimum absolute atomic E-state index is 0.134. The highest BCUT2D eigenvalue weighted by atomic mass is 16.2. The predicted octanol–water partition coefficient (Wildman–Crippen LogP) is 2.33. The van der Waals surface area contributed by atoms with Gasteiger partial charge in [-0.2, -0.15) is 5.10 Å². The Labute approximate surface area is 166 Å². The number of hydrogen-bond donors (Lipinski definition) is 1. The summed E-state index contributed by atoms with van der Waals surface area (Å²) in [7, 11) is 1.71. The van der Waals surface area contributed by atoms with Crippen LogP contribution >= 0.6 is 0 Å². The topological polar surface area (TPSA) is 94.7 Å². The minimum Gasteiger partial charge on any atom is -0.325 e. The summed E-state index contributed by atoms with van der Waals surface area (Å²) in [5, 5.41) is 7.21. The van der Waals surface area contributed by atoms with E-state index in [0.717, 1.165) is 11.3 Å². The molecular weight excluding hydrogens is 368 g/mol. The van der Waals surface area contributed by atoms with Crippen LogP contribution in [0, 0.1) is 0 Å². The number of fused-ring (bicyclic) bond motifs is 1. The van der Waals surface area contributed by atoms with Crippen LogP contribution in [-0.4, -0.2) is 30.2 Å². The molecule has 0 saturated carbocycles. The fraction of sp³-hybridized carbons (Fsp3) is 0.0952. The van der Waals surface area contributed by atoms with Gasteiger partial charge in [-0.3, -0.25) is 23.8 Å². The van der Waals surface area contributed by atoms with E-state index in [1.54, 1.807) is 19.3 Å². The van der Waals surface area contributed by atoms with Gasteiger partial charge < -0.3 is 5.32 Å². The van der Waals surface area contributed by atoms with Gasteiger partial charge in [0.1, 0.15) is 18.3 Å². The minimum atomic E-state index is -0.317. The second-order valence-electron chi connectivity index (χ2n) is 6.44. The number of rotatable bonds is 5. The average molecular weight is 386 g/mol. The molecular formula is C21H18N6O2. The lowest BCUT2D eigenvalue weighted by Crippen LogP contribution is -2.27. The molecule has 0 aliphatic rings. The Kier molecular flexibility index (Phi) is 4.98. The lowest BCUT2D eigenvalue weighted by molar-refractivity contribution is -0.116. The highest BCUT2D eigenvalue weighted by Crippen LogP contribution is 2.13. The number of hydrogen-bond acceptors (Lipinski definition) is 5. The molecule has 1 amide bonds. The lowest BCUT2D eigenvalue weighted by Gasteiger charge is -2.08. The summed E-state index contributed by atoms with van der Waals surface area (Å²) in [4.78, 5) is 33.3. The van der Waals surface area contributed by atoms with Crippen molar-refractivity contribution >= 4 is 34.8 Å². The number of amides is 1. The summed E-state index contributed by atoms with van der Waals surface area (Å²) in [6, 6.07) is 13.1. The number of nitrogens with zero attached hydrogens (tertiary/aromatic N) is 5. The van der Waals surface area contributed by atoms with Crippen LogP contribution < -0.4 is 10.9 Å². The Hall–Kier alpha value is -4.07. The van der Waals surface area contributed by atoms with Gasteiger partial charge in [-0.15, -0.1) is 0 Å². The summed E-state index contributed by atoms with van der Waals surface area (Å²) < 4.78 is 2.79. The van der Waals surface area contributed by atoms with Crippen LogP contribution in [-0.2, 0) is 18.4 Å².